The fourth-order valence-electron chi connectivity index (χ4n) is 9.77. The molecule has 2 amide bonds. The quantitative estimate of drug-likeness (QED) is 0.505. The number of nitrogens with one attached hydrogen (secondary N) is 1. The van der Waals surface area contributed by atoms with Gasteiger partial charge in [0.1, 0.15) is 0 Å². The van der Waals surface area contributed by atoms with Crippen LogP contribution in [-0.2, 0) is 15.1 Å². The van der Waals surface area contributed by atoms with Crippen LogP contribution in [0.2, 0.25) is 0 Å². The first kappa shape index (κ1) is 25.6. The molecule has 38 heavy (non-hydrogen) atoms. The summed E-state index contributed by atoms with van der Waals surface area (Å²) in [5.74, 6) is 2.51. The Hall–Kier alpha value is -2.62. The topological polar surface area (TPSA) is 49.4 Å². The van der Waals surface area contributed by atoms with Crippen molar-refractivity contribution in [3.63, 3.8) is 0 Å². The van der Waals surface area contributed by atoms with E-state index in [1.54, 1.807) is 0 Å². The lowest BCUT2D eigenvalue weighted by atomic mass is 9.47. The van der Waals surface area contributed by atoms with Gasteiger partial charge < -0.3 is 10.2 Å². The zero-order chi connectivity index (χ0) is 26.7. The Kier molecular flexibility index (Phi) is 6.24. The molecule has 1 heterocycles. The Labute approximate surface area is 228 Å². The predicted molar refractivity (Wildman–Crippen MR) is 151 cm³/mol. The molecule has 0 aromatic heterocycles. The van der Waals surface area contributed by atoms with Gasteiger partial charge in [-0.3, -0.25) is 9.59 Å². The maximum absolute atomic E-state index is 14.2. The molecule has 1 aliphatic heterocycles. The first-order valence-electron chi connectivity index (χ1n) is 14.9. The summed E-state index contributed by atoms with van der Waals surface area (Å²) in [6.07, 6.45) is 8.47. The minimum Gasteiger partial charge on any atom is -0.342 e. The van der Waals surface area contributed by atoms with E-state index in [-0.39, 0.29) is 22.7 Å². The lowest BCUT2D eigenvalue weighted by Gasteiger charge is -2.61. The van der Waals surface area contributed by atoms with E-state index in [1.807, 2.05) is 19.2 Å². The second kappa shape index (κ2) is 9.24. The molecule has 1 N–H and O–H groups in total. The maximum Gasteiger partial charge on any atom is 0.224 e. The molecule has 3 aliphatic carbocycles. The van der Waals surface area contributed by atoms with Gasteiger partial charge in [0, 0.05) is 25.4 Å². The third-order valence-electron chi connectivity index (χ3n) is 11.9. The number of amides is 2. The van der Waals surface area contributed by atoms with Gasteiger partial charge in [0.15, 0.2) is 0 Å². The Morgan fingerprint density at radius 2 is 1.45 bits per heavy atom. The summed E-state index contributed by atoms with van der Waals surface area (Å²) in [6.45, 7) is 7.06. The summed E-state index contributed by atoms with van der Waals surface area (Å²) in [5, 5.41) is 3.58. The Bertz CT molecular complexity index is 1160. The maximum atomic E-state index is 14.2. The summed E-state index contributed by atoms with van der Waals surface area (Å²) in [4.78, 5) is 28.8. The van der Waals surface area contributed by atoms with Crippen molar-refractivity contribution in [2.45, 2.75) is 83.7 Å². The molecule has 4 aliphatic rings. The third kappa shape index (κ3) is 3.77. The number of hydrogen-bond acceptors (Lipinski definition) is 2. The highest BCUT2D eigenvalue weighted by molar-refractivity contribution is 5.81. The zero-order valence-electron chi connectivity index (χ0n) is 23.6. The molecule has 1 saturated heterocycles. The van der Waals surface area contributed by atoms with Crippen LogP contribution in [0.25, 0.3) is 0 Å². The van der Waals surface area contributed by atoms with Crippen LogP contribution < -0.4 is 5.32 Å². The van der Waals surface area contributed by atoms with Crippen molar-refractivity contribution < 1.29 is 9.59 Å². The van der Waals surface area contributed by atoms with Gasteiger partial charge in [-0.1, -0.05) is 74.5 Å². The van der Waals surface area contributed by atoms with Crippen LogP contribution >= 0.6 is 0 Å². The molecule has 7 atom stereocenters. The fourth-order valence-corrected chi connectivity index (χ4v) is 9.77. The summed E-state index contributed by atoms with van der Waals surface area (Å²) < 4.78 is 0. The molecule has 2 aromatic carbocycles. The Morgan fingerprint density at radius 1 is 0.842 bits per heavy atom. The molecule has 0 radical (unpaired) electrons. The van der Waals surface area contributed by atoms with Crippen molar-refractivity contribution in [1.29, 1.82) is 0 Å². The smallest absolute Gasteiger partial charge is 0.224 e. The summed E-state index contributed by atoms with van der Waals surface area (Å²) in [5.41, 5.74) is 1.91. The average Bonchev–Trinajstić information content (AvgIpc) is 3.29. The molecule has 2 aromatic rings. The number of rotatable bonds is 4. The summed E-state index contributed by atoms with van der Waals surface area (Å²) in [7, 11) is 2.03. The first-order valence-corrected chi connectivity index (χ1v) is 14.9. The lowest BCUT2D eigenvalue weighted by Crippen LogP contribution is -2.61. The number of carbonyl (C=O) groups excluding carboxylic acids is 2. The van der Waals surface area contributed by atoms with Gasteiger partial charge in [-0.25, -0.2) is 0 Å². The molecule has 0 unspecified atom stereocenters. The van der Waals surface area contributed by atoms with Gasteiger partial charge in [-0.05, 0) is 91.6 Å². The van der Waals surface area contributed by atoms with Gasteiger partial charge >= 0.3 is 0 Å². The number of benzene rings is 2. The molecule has 6 rings (SSSR count). The highest BCUT2D eigenvalue weighted by Gasteiger charge is 2.62. The number of nitrogens with zero attached hydrogens (tertiary/aromatic N) is 1. The third-order valence-corrected chi connectivity index (χ3v) is 11.9. The van der Waals surface area contributed by atoms with Gasteiger partial charge in [0.25, 0.3) is 0 Å². The van der Waals surface area contributed by atoms with E-state index in [0.29, 0.717) is 36.1 Å². The second-order valence-corrected chi connectivity index (χ2v) is 13.5. The normalized spacial score (nSPS) is 36.7. The van der Waals surface area contributed by atoms with Crippen LogP contribution in [0.15, 0.2) is 60.7 Å². The van der Waals surface area contributed by atoms with E-state index in [4.69, 9.17) is 0 Å². The van der Waals surface area contributed by atoms with Gasteiger partial charge in [0.05, 0.1) is 5.54 Å². The minimum absolute atomic E-state index is 0.0408. The van der Waals surface area contributed by atoms with E-state index in [2.05, 4.69) is 79.5 Å². The molecule has 0 bridgehead atoms. The van der Waals surface area contributed by atoms with E-state index in [1.165, 1.54) is 12.8 Å². The number of likely N-dealkylation sites (tertiary alicyclic amines) is 1. The van der Waals surface area contributed by atoms with Crippen molar-refractivity contribution in [2.24, 2.45) is 34.5 Å². The van der Waals surface area contributed by atoms with E-state index in [9.17, 15) is 9.59 Å². The Morgan fingerprint density at radius 3 is 2.08 bits per heavy atom. The van der Waals surface area contributed by atoms with Crippen LogP contribution in [0.4, 0.5) is 0 Å². The average molecular weight is 513 g/mol. The molecule has 0 spiro atoms. The van der Waals surface area contributed by atoms with Crippen LogP contribution in [0.3, 0.4) is 0 Å². The number of fused-ring (bicyclic) bond motifs is 5. The summed E-state index contributed by atoms with van der Waals surface area (Å²) >= 11 is 0. The molecule has 3 saturated carbocycles. The highest BCUT2D eigenvalue weighted by atomic mass is 16.2. The molecule has 202 valence electrons. The first-order chi connectivity index (χ1) is 18.2. The molecular formula is C34H44N2O2. The van der Waals surface area contributed by atoms with Crippen molar-refractivity contribution in [1.82, 2.24) is 10.2 Å². The fraction of sp³-hybridized carbons (Fsp3) is 0.588. The monoisotopic (exact) mass is 512 g/mol. The Balaban J connectivity index is 1.26. The van der Waals surface area contributed by atoms with E-state index in [0.717, 1.165) is 43.2 Å². The van der Waals surface area contributed by atoms with Crippen molar-refractivity contribution in [3.05, 3.63) is 71.8 Å². The van der Waals surface area contributed by atoms with Crippen molar-refractivity contribution in [2.75, 3.05) is 7.05 Å². The standard InChI is InChI=1S/C34H44N2O2/c1-32-21-19-27-25(15-18-29-33(27,2)22-20-30(37)36(29)4)26(32)16-17-28(32)31(38)35-34(3,23-11-7-5-8-12-23)24-13-9-6-10-14-24/h5-14,25-29H,15-22H2,1-4H3,(H,35,38)/t25-,26-,27-,28+,29+,32-,33+/m0/s1. The zero-order valence-corrected chi connectivity index (χ0v) is 23.6. The molecule has 4 heteroatoms. The largest absolute Gasteiger partial charge is 0.342 e. The van der Waals surface area contributed by atoms with Crippen LogP contribution in [0.5, 0.6) is 0 Å². The van der Waals surface area contributed by atoms with Gasteiger partial charge in [0.2, 0.25) is 11.8 Å². The van der Waals surface area contributed by atoms with Gasteiger partial charge in [-0.15, -0.1) is 0 Å². The number of carbonyl (C=O) groups is 2. The molecule has 4 nitrogen and oxygen atoms in total. The van der Waals surface area contributed by atoms with E-state index >= 15 is 0 Å². The molecule has 4 fully saturated rings. The van der Waals surface area contributed by atoms with Crippen LogP contribution in [0, 0.1) is 34.5 Å². The number of piperidine rings is 1. The lowest BCUT2D eigenvalue weighted by molar-refractivity contribution is -0.159. The highest BCUT2D eigenvalue weighted by Crippen LogP contribution is 2.66. The van der Waals surface area contributed by atoms with Gasteiger partial charge in [-0.2, -0.15) is 0 Å². The minimum atomic E-state index is -0.573. The summed E-state index contributed by atoms with van der Waals surface area (Å²) in [6, 6.07) is 21.2. The van der Waals surface area contributed by atoms with Crippen LogP contribution in [0.1, 0.15) is 83.3 Å². The molecular weight excluding hydrogens is 468 g/mol. The second-order valence-electron chi connectivity index (χ2n) is 13.5. The van der Waals surface area contributed by atoms with Crippen molar-refractivity contribution >= 4 is 11.8 Å². The van der Waals surface area contributed by atoms with E-state index < -0.39 is 5.54 Å². The predicted octanol–water partition coefficient (Wildman–Crippen LogP) is 6.55. The van der Waals surface area contributed by atoms with Crippen LogP contribution in [-0.4, -0.2) is 29.8 Å². The SMILES string of the molecule is CN1C(=O)CC[C@]2(C)[C@H]3CC[C@]4(C)[C@@H](C(=O)NC(C)(c5ccccc5)c5ccccc5)CC[C@H]4[C@@H]3CC[C@@H]12. The van der Waals surface area contributed by atoms with Crippen molar-refractivity contribution in [3.8, 4) is 0 Å². The number of hydrogen-bond donors (Lipinski definition) is 1.